The molecule has 1 fully saturated rings. The SMILES string of the molecule is CC(C)(C)OC(=O)N1CCCc2cc(C3(O)CC3)ccc21. The highest BCUT2D eigenvalue weighted by Gasteiger charge is 2.42. The van der Waals surface area contributed by atoms with Crippen LogP contribution in [-0.4, -0.2) is 23.3 Å². The third kappa shape index (κ3) is 2.91. The molecule has 1 saturated carbocycles. The number of aliphatic hydroxyl groups is 1. The third-order valence-electron chi connectivity index (χ3n) is 4.07. The molecule has 0 unspecified atom stereocenters. The number of nitrogens with zero attached hydrogens (tertiary/aromatic N) is 1. The van der Waals surface area contributed by atoms with Gasteiger partial charge < -0.3 is 9.84 Å². The van der Waals surface area contributed by atoms with Crippen LogP contribution in [-0.2, 0) is 16.8 Å². The van der Waals surface area contributed by atoms with Crippen molar-refractivity contribution in [3.63, 3.8) is 0 Å². The fraction of sp³-hybridized carbons (Fsp3) is 0.588. The fourth-order valence-corrected chi connectivity index (χ4v) is 2.80. The molecule has 1 aliphatic carbocycles. The zero-order chi connectivity index (χ0) is 15.3. The summed E-state index contributed by atoms with van der Waals surface area (Å²) in [5, 5.41) is 10.2. The second kappa shape index (κ2) is 4.73. The van der Waals surface area contributed by atoms with Crippen molar-refractivity contribution in [3.8, 4) is 0 Å². The van der Waals surface area contributed by atoms with Gasteiger partial charge in [-0.2, -0.15) is 0 Å². The Morgan fingerprint density at radius 1 is 1.33 bits per heavy atom. The number of amides is 1. The van der Waals surface area contributed by atoms with Gasteiger partial charge in [0.25, 0.3) is 0 Å². The van der Waals surface area contributed by atoms with Gasteiger partial charge >= 0.3 is 6.09 Å². The molecule has 0 bridgehead atoms. The van der Waals surface area contributed by atoms with E-state index in [-0.39, 0.29) is 6.09 Å². The summed E-state index contributed by atoms with van der Waals surface area (Å²) in [6, 6.07) is 5.94. The summed E-state index contributed by atoms with van der Waals surface area (Å²) in [7, 11) is 0. The average molecular weight is 289 g/mol. The number of fused-ring (bicyclic) bond motifs is 1. The molecule has 4 heteroatoms. The molecule has 0 saturated heterocycles. The summed E-state index contributed by atoms with van der Waals surface area (Å²) < 4.78 is 5.48. The Hall–Kier alpha value is -1.55. The zero-order valence-electron chi connectivity index (χ0n) is 13.0. The molecule has 1 aliphatic heterocycles. The quantitative estimate of drug-likeness (QED) is 0.862. The number of anilines is 1. The van der Waals surface area contributed by atoms with Crippen LogP contribution in [0, 0.1) is 0 Å². The van der Waals surface area contributed by atoms with Gasteiger partial charge in [0.15, 0.2) is 0 Å². The maximum Gasteiger partial charge on any atom is 0.414 e. The standard InChI is InChI=1S/C17H23NO3/c1-16(2,3)21-15(19)18-10-4-5-12-11-13(6-7-14(12)18)17(20)8-9-17/h6-7,11,20H,4-5,8-10H2,1-3H3. The lowest BCUT2D eigenvalue weighted by Gasteiger charge is -2.32. The summed E-state index contributed by atoms with van der Waals surface area (Å²) >= 11 is 0. The monoisotopic (exact) mass is 289 g/mol. The molecule has 1 aromatic rings. The smallest absolute Gasteiger partial charge is 0.414 e. The molecular formula is C17H23NO3. The van der Waals surface area contributed by atoms with Gasteiger partial charge in [-0.25, -0.2) is 4.79 Å². The molecule has 4 nitrogen and oxygen atoms in total. The Labute approximate surface area is 125 Å². The summed E-state index contributed by atoms with van der Waals surface area (Å²) in [6.07, 6.45) is 3.25. The number of benzene rings is 1. The minimum Gasteiger partial charge on any atom is -0.443 e. The van der Waals surface area contributed by atoms with Crippen molar-refractivity contribution in [2.75, 3.05) is 11.4 Å². The molecule has 114 valence electrons. The topological polar surface area (TPSA) is 49.8 Å². The van der Waals surface area contributed by atoms with E-state index in [0.717, 1.165) is 42.5 Å². The largest absolute Gasteiger partial charge is 0.443 e. The predicted octanol–water partition coefficient (Wildman–Crippen LogP) is 3.36. The van der Waals surface area contributed by atoms with E-state index in [1.807, 2.05) is 32.9 Å². The Morgan fingerprint density at radius 3 is 2.67 bits per heavy atom. The number of hydrogen-bond acceptors (Lipinski definition) is 3. The van der Waals surface area contributed by atoms with E-state index < -0.39 is 11.2 Å². The van der Waals surface area contributed by atoms with Gasteiger partial charge in [-0.15, -0.1) is 0 Å². The first-order chi connectivity index (χ1) is 9.78. The number of carbonyl (C=O) groups excluding carboxylic acids is 1. The number of carbonyl (C=O) groups is 1. The van der Waals surface area contributed by atoms with Gasteiger partial charge in [-0.05, 0) is 63.6 Å². The van der Waals surface area contributed by atoms with Crippen LogP contribution < -0.4 is 4.90 Å². The van der Waals surface area contributed by atoms with Crippen molar-refractivity contribution in [1.29, 1.82) is 0 Å². The number of rotatable bonds is 1. The van der Waals surface area contributed by atoms with Gasteiger partial charge in [-0.3, -0.25) is 4.90 Å². The van der Waals surface area contributed by atoms with Crippen LogP contribution in [0.3, 0.4) is 0 Å². The van der Waals surface area contributed by atoms with Crippen molar-refractivity contribution in [3.05, 3.63) is 29.3 Å². The van der Waals surface area contributed by atoms with Gasteiger partial charge in [-0.1, -0.05) is 12.1 Å². The predicted molar refractivity (Wildman–Crippen MR) is 81.5 cm³/mol. The molecule has 0 atom stereocenters. The third-order valence-corrected chi connectivity index (χ3v) is 4.07. The van der Waals surface area contributed by atoms with E-state index in [1.54, 1.807) is 4.90 Å². The van der Waals surface area contributed by atoms with Crippen molar-refractivity contribution in [2.24, 2.45) is 0 Å². The van der Waals surface area contributed by atoms with Gasteiger partial charge in [0.1, 0.15) is 5.60 Å². The van der Waals surface area contributed by atoms with Gasteiger partial charge in [0.05, 0.1) is 11.3 Å². The van der Waals surface area contributed by atoms with Gasteiger partial charge in [0.2, 0.25) is 0 Å². The summed E-state index contributed by atoms with van der Waals surface area (Å²) in [6.45, 7) is 6.32. The summed E-state index contributed by atoms with van der Waals surface area (Å²) in [5.74, 6) is 0. The van der Waals surface area contributed by atoms with Crippen LogP contribution in [0.5, 0.6) is 0 Å². The van der Waals surface area contributed by atoms with Crippen molar-refractivity contribution in [2.45, 2.75) is 57.7 Å². The van der Waals surface area contributed by atoms with Crippen LogP contribution in [0.4, 0.5) is 10.5 Å². The molecule has 0 aromatic heterocycles. The van der Waals surface area contributed by atoms with Crippen LogP contribution >= 0.6 is 0 Å². The average Bonchev–Trinajstić information content (AvgIpc) is 3.15. The van der Waals surface area contributed by atoms with E-state index in [2.05, 4.69) is 6.07 Å². The van der Waals surface area contributed by atoms with E-state index in [9.17, 15) is 9.90 Å². The minimum atomic E-state index is -0.622. The first kappa shape index (κ1) is 14.4. The Kier molecular flexibility index (Phi) is 3.24. The van der Waals surface area contributed by atoms with E-state index in [1.165, 1.54) is 0 Å². The first-order valence-electron chi connectivity index (χ1n) is 7.65. The highest BCUT2D eigenvalue weighted by Crippen LogP contribution is 2.46. The number of hydrogen-bond donors (Lipinski definition) is 1. The fourth-order valence-electron chi connectivity index (χ4n) is 2.80. The highest BCUT2D eigenvalue weighted by molar-refractivity contribution is 5.89. The molecule has 1 amide bonds. The second-order valence-corrected chi connectivity index (χ2v) is 7.11. The normalized spacial score (nSPS) is 19.9. The molecule has 1 heterocycles. The number of ether oxygens (including phenoxy) is 1. The molecule has 3 rings (SSSR count). The van der Waals surface area contributed by atoms with Crippen LogP contribution in [0.15, 0.2) is 18.2 Å². The van der Waals surface area contributed by atoms with Crippen LogP contribution in [0.1, 0.15) is 51.2 Å². The Balaban J connectivity index is 1.86. The lowest BCUT2D eigenvalue weighted by molar-refractivity contribution is 0.0578. The minimum absolute atomic E-state index is 0.290. The lowest BCUT2D eigenvalue weighted by Crippen LogP contribution is -2.39. The molecule has 0 radical (unpaired) electrons. The van der Waals surface area contributed by atoms with Crippen LogP contribution in [0.2, 0.25) is 0 Å². The van der Waals surface area contributed by atoms with Crippen molar-refractivity contribution >= 4 is 11.8 Å². The summed E-state index contributed by atoms with van der Waals surface area (Å²) in [4.78, 5) is 14.0. The molecule has 0 spiro atoms. The summed E-state index contributed by atoms with van der Waals surface area (Å²) in [5.41, 5.74) is 1.92. The highest BCUT2D eigenvalue weighted by atomic mass is 16.6. The van der Waals surface area contributed by atoms with Crippen molar-refractivity contribution in [1.82, 2.24) is 0 Å². The lowest BCUT2D eigenvalue weighted by atomic mass is 9.96. The molecule has 21 heavy (non-hydrogen) atoms. The van der Waals surface area contributed by atoms with Crippen molar-refractivity contribution < 1.29 is 14.6 Å². The first-order valence-corrected chi connectivity index (χ1v) is 7.65. The van der Waals surface area contributed by atoms with E-state index >= 15 is 0 Å². The maximum absolute atomic E-state index is 12.3. The van der Waals surface area contributed by atoms with Crippen LogP contribution in [0.25, 0.3) is 0 Å². The molecular weight excluding hydrogens is 266 g/mol. The second-order valence-electron chi connectivity index (χ2n) is 7.11. The van der Waals surface area contributed by atoms with E-state index in [4.69, 9.17) is 4.74 Å². The molecule has 1 aromatic carbocycles. The Morgan fingerprint density at radius 2 is 2.05 bits per heavy atom. The molecule has 2 aliphatic rings. The zero-order valence-corrected chi connectivity index (χ0v) is 13.0. The van der Waals surface area contributed by atoms with E-state index in [0.29, 0.717) is 6.54 Å². The Bertz CT molecular complexity index is 570. The van der Waals surface area contributed by atoms with Gasteiger partial charge in [0, 0.05) is 6.54 Å². The molecule has 1 N–H and O–H groups in total. The maximum atomic E-state index is 12.3. The number of aryl methyl sites for hydroxylation is 1.